The Labute approximate surface area is 127 Å². The molecule has 0 saturated carbocycles. The first-order chi connectivity index (χ1) is 9.79. The summed E-state index contributed by atoms with van der Waals surface area (Å²) in [5.41, 5.74) is 2.28. The highest BCUT2D eigenvalue weighted by atomic mass is 32.2. The molecule has 106 valence electrons. The fraction of sp³-hybridized carbons (Fsp3) is 0.429. The molecule has 3 rings (SSSR count). The van der Waals surface area contributed by atoms with Crippen LogP contribution in [-0.4, -0.2) is 28.7 Å². The first-order valence-electron chi connectivity index (χ1n) is 6.71. The molecular weight excluding hydrogens is 290 g/mol. The molecule has 1 aromatic carbocycles. The minimum atomic E-state index is 0.386. The van der Waals surface area contributed by atoms with Crippen molar-refractivity contribution in [2.45, 2.75) is 30.2 Å². The maximum atomic E-state index is 5.61. The van der Waals surface area contributed by atoms with Crippen molar-refractivity contribution in [1.82, 2.24) is 10.2 Å². The Kier molecular flexibility index (Phi) is 4.54. The molecule has 0 spiro atoms. The number of benzene rings is 1. The van der Waals surface area contributed by atoms with Crippen LogP contribution >= 0.6 is 23.1 Å². The standard InChI is InChI=1S/C14H17N3OS2/c1-10-4-2-5-11(8-10)15-13-16-17-14(20-13)19-9-12-6-3-7-18-12/h2,4-5,8,12H,3,6-7,9H2,1H3,(H,15,16)/t12-/m1/s1. The van der Waals surface area contributed by atoms with Gasteiger partial charge in [-0.2, -0.15) is 0 Å². The van der Waals surface area contributed by atoms with Crippen molar-refractivity contribution >= 4 is 33.9 Å². The third-order valence-electron chi connectivity index (χ3n) is 3.09. The normalized spacial score (nSPS) is 18.4. The molecule has 0 aliphatic carbocycles. The van der Waals surface area contributed by atoms with Gasteiger partial charge in [-0.05, 0) is 37.5 Å². The molecule has 1 aromatic heterocycles. The highest BCUT2D eigenvalue weighted by Crippen LogP contribution is 2.29. The molecule has 0 unspecified atom stereocenters. The first kappa shape index (κ1) is 13.9. The Morgan fingerprint density at radius 2 is 2.40 bits per heavy atom. The number of rotatable bonds is 5. The summed E-state index contributed by atoms with van der Waals surface area (Å²) < 4.78 is 6.61. The summed E-state index contributed by atoms with van der Waals surface area (Å²) >= 11 is 3.32. The van der Waals surface area contributed by atoms with Crippen LogP contribution in [-0.2, 0) is 4.74 Å². The van der Waals surface area contributed by atoms with Crippen LogP contribution in [0.1, 0.15) is 18.4 Å². The van der Waals surface area contributed by atoms with Crippen LogP contribution in [0.15, 0.2) is 28.6 Å². The fourth-order valence-corrected chi connectivity index (χ4v) is 3.97. The summed E-state index contributed by atoms with van der Waals surface area (Å²) in [5, 5.41) is 12.5. The van der Waals surface area contributed by atoms with Gasteiger partial charge in [0.15, 0.2) is 4.34 Å². The van der Waals surface area contributed by atoms with E-state index in [4.69, 9.17) is 4.74 Å². The van der Waals surface area contributed by atoms with E-state index >= 15 is 0 Å². The number of aryl methyl sites for hydroxylation is 1. The minimum Gasteiger partial charge on any atom is -0.377 e. The van der Waals surface area contributed by atoms with Gasteiger partial charge in [-0.3, -0.25) is 0 Å². The van der Waals surface area contributed by atoms with Crippen molar-refractivity contribution in [1.29, 1.82) is 0 Å². The van der Waals surface area contributed by atoms with Crippen molar-refractivity contribution in [2.75, 3.05) is 17.7 Å². The molecule has 2 aromatic rings. The lowest BCUT2D eigenvalue weighted by Gasteiger charge is -2.05. The van der Waals surface area contributed by atoms with Gasteiger partial charge < -0.3 is 10.1 Å². The second-order valence-corrected chi connectivity index (χ2v) is 7.06. The molecule has 1 fully saturated rings. The molecule has 0 amide bonds. The van der Waals surface area contributed by atoms with E-state index in [1.807, 2.05) is 12.1 Å². The van der Waals surface area contributed by atoms with Crippen molar-refractivity contribution in [3.05, 3.63) is 29.8 Å². The van der Waals surface area contributed by atoms with Crippen LogP contribution < -0.4 is 5.32 Å². The third-order valence-corrected chi connectivity index (χ3v) is 5.20. The zero-order chi connectivity index (χ0) is 13.8. The van der Waals surface area contributed by atoms with Gasteiger partial charge in [0, 0.05) is 18.0 Å². The van der Waals surface area contributed by atoms with Gasteiger partial charge in [-0.25, -0.2) is 0 Å². The van der Waals surface area contributed by atoms with Gasteiger partial charge >= 0.3 is 0 Å². The molecule has 1 atom stereocenters. The van der Waals surface area contributed by atoms with E-state index in [-0.39, 0.29) is 0 Å². The quantitative estimate of drug-likeness (QED) is 0.850. The zero-order valence-corrected chi connectivity index (χ0v) is 13.0. The molecule has 4 nitrogen and oxygen atoms in total. The monoisotopic (exact) mass is 307 g/mol. The minimum absolute atomic E-state index is 0.386. The number of hydrogen-bond donors (Lipinski definition) is 1. The van der Waals surface area contributed by atoms with E-state index < -0.39 is 0 Å². The molecular formula is C14H17N3OS2. The highest BCUT2D eigenvalue weighted by molar-refractivity contribution is 8.01. The van der Waals surface area contributed by atoms with Gasteiger partial charge in [0.1, 0.15) is 0 Å². The first-order valence-corrected chi connectivity index (χ1v) is 8.51. The summed E-state index contributed by atoms with van der Waals surface area (Å²) in [7, 11) is 0. The van der Waals surface area contributed by atoms with Crippen LogP contribution in [0.4, 0.5) is 10.8 Å². The van der Waals surface area contributed by atoms with Gasteiger partial charge in [0.05, 0.1) is 6.10 Å². The predicted molar refractivity (Wildman–Crippen MR) is 84.1 cm³/mol. The van der Waals surface area contributed by atoms with Gasteiger partial charge in [0.25, 0.3) is 0 Å². The van der Waals surface area contributed by atoms with Gasteiger partial charge in [-0.1, -0.05) is 35.2 Å². The SMILES string of the molecule is Cc1cccc(Nc2nnc(SC[C@H]3CCCO3)s2)c1. The Morgan fingerprint density at radius 1 is 1.45 bits per heavy atom. The smallest absolute Gasteiger partial charge is 0.210 e. The average Bonchev–Trinajstić information content (AvgIpc) is 3.07. The second kappa shape index (κ2) is 6.56. The topological polar surface area (TPSA) is 47.0 Å². The number of aromatic nitrogens is 2. The average molecular weight is 307 g/mol. The van der Waals surface area contributed by atoms with Gasteiger partial charge in [-0.15, -0.1) is 10.2 Å². The number of nitrogens with zero attached hydrogens (tertiary/aromatic N) is 2. The van der Waals surface area contributed by atoms with Crippen LogP contribution in [0.5, 0.6) is 0 Å². The Hall–Kier alpha value is -1.11. The molecule has 0 bridgehead atoms. The number of ether oxygens (including phenoxy) is 1. The number of nitrogens with one attached hydrogen (secondary N) is 1. The van der Waals surface area contributed by atoms with Crippen LogP contribution in [0.3, 0.4) is 0 Å². The molecule has 2 heterocycles. The van der Waals surface area contributed by atoms with Crippen molar-refractivity contribution in [3.63, 3.8) is 0 Å². The third kappa shape index (κ3) is 3.71. The van der Waals surface area contributed by atoms with Crippen LogP contribution in [0.2, 0.25) is 0 Å². The summed E-state index contributed by atoms with van der Waals surface area (Å²) in [6.45, 7) is 2.98. The Balaban J connectivity index is 1.56. The lowest BCUT2D eigenvalue weighted by molar-refractivity contribution is 0.129. The maximum Gasteiger partial charge on any atom is 0.210 e. The zero-order valence-electron chi connectivity index (χ0n) is 11.3. The molecule has 1 aliphatic heterocycles. The van der Waals surface area contributed by atoms with Crippen molar-refractivity contribution in [3.8, 4) is 0 Å². The highest BCUT2D eigenvalue weighted by Gasteiger charge is 2.16. The lowest BCUT2D eigenvalue weighted by atomic mass is 10.2. The van der Waals surface area contributed by atoms with Crippen LogP contribution in [0, 0.1) is 6.92 Å². The molecule has 1 saturated heterocycles. The maximum absolute atomic E-state index is 5.61. The molecule has 20 heavy (non-hydrogen) atoms. The molecule has 1 aliphatic rings. The number of thioether (sulfide) groups is 1. The van der Waals surface area contributed by atoms with Gasteiger partial charge in [0.2, 0.25) is 5.13 Å². The van der Waals surface area contributed by atoms with E-state index in [0.717, 1.165) is 27.5 Å². The Morgan fingerprint density at radius 3 is 3.20 bits per heavy atom. The van der Waals surface area contributed by atoms with Crippen molar-refractivity contribution in [2.24, 2.45) is 0 Å². The van der Waals surface area contributed by atoms with E-state index in [9.17, 15) is 0 Å². The lowest BCUT2D eigenvalue weighted by Crippen LogP contribution is -2.07. The second-order valence-electron chi connectivity index (χ2n) is 4.81. The largest absolute Gasteiger partial charge is 0.377 e. The summed E-state index contributed by atoms with van der Waals surface area (Å²) in [6.07, 6.45) is 2.74. The van der Waals surface area contributed by atoms with E-state index in [2.05, 4.69) is 34.6 Å². The summed E-state index contributed by atoms with van der Waals surface area (Å²) in [5.74, 6) is 0.971. The fourth-order valence-electron chi connectivity index (χ4n) is 2.10. The van der Waals surface area contributed by atoms with E-state index in [0.29, 0.717) is 6.10 Å². The summed E-state index contributed by atoms with van der Waals surface area (Å²) in [6, 6.07) is 8.24. The molecule has 6 heteroatoms. The van der Waals surface area contributed by atoms with Crippen molar-refractivity contribution < 1.29 is 4.74 Å². The van der Waals surface area contributed by atoms with E-state index in [1.165, 1.54) is 18.4 Å². The number of anilines is 2. The van der Waals surface area contributed by atoms with Crippen LogP contribution in [0.25, 0.3) is 0 Å². The molecule has 0 radical (unpaired) electrons. The van der Waals surface area contributed by atoms with E-state index in [1.54, 1.807) is 23.1 Å². The predicted octanol–water partition coefficient (Wildman–Crippen LogP) is 3.86. The Bertz CT molecular complexity index is 567. The molecule has 1 N–H and O–H groups in total. The number of hydrogen-bond acceptors (Lipinski definition) is 6. The summed E-state index contributed by atoms with van der Waals surface area (Å²) in [4.78, 5) is 0.